The Morgan fingerprint density at radius 2 is 1.59 bits per heavy atom. The minimum absolute atomic E-state index is 0.254. The number of sulfonamides is 1. The van der Waals surface area contributed by atoms with Crippen LogP contribution in [0.25, 0.3) is 0 Å². The lowest BCUT2D eigenvalue weighted by Crippen LogP contribution is -2.14. The maximum Gasteiger partial charge on any atom is 0.262 e. The molecule has 0 aliphatic heterocycles. The first kappa shape index (κ1) is 21.6. The summed E-state index contributed by atoms with van der Waals surface area (Å²) in [6.07, 6.45) is 0.925. The largest absolute Gasteiger partial charge is 0.276 e. The Hall–Kier alpha value is -2.12. The Balaban J connectivity index is 1.81. The predicted molar refractivity (Wildman–Crippen MR) is 121 cm³/mol. The molecule has 7 heteroatoms. The molecule has 2 aromatic carbocycles. The molecule has 0 saturated carbocycles. The van der Waals surface area contributed by atoms with Crippen molar-refractivity contribution in [1.82, 2.24) is 9.78 Å². The molecule has 5 nitrogen and oxygen atoms in total. The van der Waals surface area contributed by atoms with E-state index in [-0.39, 0.29) is 4.90 Å². The van der Waals surface area contributed by atoms with E-state index in [9.17, 15) is 8.42 Å². The maximum atomic E-state index is 12.9. The third-order valence-corrected chi connectivity index (χ3v) is 6.64. The van der Waals surface area contributed by atoms with Crippen molar-refractivity contribution >= 4 is 31.6 Å². The standard InChI is InChI=1S/C22H26BrN3O2S/c1-15(2)13-18-7-11-21(12-8-18)29(27,28)25-22-16(3)24-26(17(22)4)14-19-5-9-20(23)10-6-19/h5-12,15,25H,13-14H2,1-4H3. The van der Waals surface area contributed by atoms with Crippen molar-refractivity contribution in [3.63, 3.8) is 0 Å². The maximum absolute atomic E-state index is 12.9. The third kappa shape index (κ3) is 5.28. The smallest absolute Gasteiger partial charge is 0.262 e. The average molecular weight is 476 g/mol. The molecule has 0 aliphatic rings. The van der Waals surface area contributed by atoms with Gasteiger partial charge in [0.2, 0.25) is 0 Å². The lowest BCUT2D eigenvalue weighted by atomic mass is 10.0. The van der Waals surface area contributed by atoms with Gasteiger partial charge < -0.3 is 0 Å². The number of hydrogen-bond acceptors (Lipinski definition) is 3. The SMILES string of the molecule is Cc1nn(Cc2ccc(Br)cc2)c(C)c1NS(=O)(=O)c1ccc(CC(C)C)cc1. The predicted octanol–water partition coefficient (Wildman–Crippen LogP) is 5.31. The van der Waals surface area contributed by atoms with Crippen LogP contribution in [0.1, 0.15) is 36.4 Å². The topological polar surface area (TPSA) is 64.0 Å². The van der Waals surface area contributed by atoms with Gasteiger partial charge in [0.25, 0.3) is 10.0 Å². The van der Waals surface area contributed by atoms with Crippen LogP contribution in [0, 0.1) is 19.8 Å². The van der Waals surface area contributed by atoms with Crippen molar-refractivity contribution in [1.29, 1.82) is 0 Å². The first-order chi connectivity index (χ1) is 13.7. The summed E-state index contributed by atoms with van der Waals surface area (Å²) in [5, 5.41) is 4.53. The van der Waals surface area contributed by atoms with Gasteiger partial charge in [-0.15, -0.1) is 0 Å². The molecule has 0 bridgehead atoms. The van der Waals surface area contributed by atoms with Crippen LogP contribution < -0.4 is 4.72 Å². The quantitative estimate of drug-likeness (QED) is 0.503. The van der Waals surface area contributed by atoms with Crippen LogP contribution in [0.15, 0.2) is 57.9 Å². The average Bonchev–Trinajstić information content (AvgIpc) is 2.91. The molecule has 0 fully saturated rings. The van der Waals surface area contributed by atoms with Gasteiger partial charge in [-0.1, -0.05) is 54.0 Å². The molecular formula is C22H26BrN3O2S. The molecule has 1 N–H and O–H groups in total. The number of nitrogens with zero attached hydrogens (tertiary/aromatic N) is 2. The molecule has 1 heterocycles. The van der Waals surface area contributed by atoms with Crippen molar-refractivity contribution in [3.05, 3.63) is 75.5 Å². The lowest BCUT2D eigenvalue weighted by molar-refractivity contribution is 0.601. The molecule has 3 rings (SSSR count). The highest BCUT2D eigenvalue weighted by Gasteiger charge is 2.20. The fraction of sp³-hybridized carbons (Fsp3) is 0.318. The Labute approximate surface area is 181 Å². The van der Waals surface area contributed by atoms with Gasteiger partial charge in [0.15, 0.2) is 0 Å². The van der Waals surface area contributed by atoms with Gasteiger partial charge in [0.05, 0.1) is 28.5 Å². The molecular weight excluding hydrogens is 450 g/mol. The second-order valence-electron chi connectivity index (χ2n) is 7.68. The number of anilines is 1. The van der Waals surface area contributed by atoms with Crippen LogP contribution in [0.4, 0.5) is 5.69 Å². The molecule has 0 unspecified atom stereocenters. The molecule has 0 saturated heterocycles. The van der Waals surface area contributed by atoms with E-state index >= 15 is 0 Å². The van der Waals surface area contributed by atoms with E-state index < -0.39 is 10.0 Å². The van der Waals surface area contributed by atoms with Crippen LogP contribution >= 0.6 is 15.9 Å². The van der Waals surface area contributed by atoms with Crippen molar-refractivity contribution < 1.29 is 8.42 Å². The summed E-state index contributed by atoms with van der Waals surface area (Å²) in [4.78, 5) is 0.254. The number of hydrogen-bond donors (Lipinski definition) is 1. The van der Waals surface area contributed by atoms with Gasteiger partial charge in [-0.05, 0) is 61.6 Å². The number of halogens is 1. The van der Waals surface area contributed by atoms with E-state index in [4.69, 9.17) is 0 Å². The van der Waals surface area contributed by atoms with Crippen molar-refractivity contribution in [2.45, 2.75) is 45.6 Å². The molecule has 0 spiro atoms. The van der Waals surface area contributed by atoms with Crippen LogP contribution in [0.3, 0.4) is 0 Å². The van der Waals surface area contributed by atoms with Crippen molar-refractivity contribution in [3.8, 4) is 0 Å². The summed E-state index contributed by atoms with van der Waals surface area (Å²) in [7, 11) is -3.68. The number of nitrogens with one attached hydrogen (secondary N) is 1. The van der Waals surface area contributed by atoms with E-state index in [0.717, 1.165) is 27.7 Å². The minimum atomic E-state index is -3.68. The van der Waals surface area contributed by atoms with Gasteiger partial charge >= 0.3 is 0 Å². The Morgan fingerprint density at radius 1 is 1.00 bits per heavy atom. The Kier molecular flexibility index (Phi) is 6.49. The molecule has 0 radical (unpaired) electrons. The van der Waals surface area contributed by atoms with E-state index in [1.54, 1.807) is 12.1 Å². The summed E-state index contributed by atoms with van der Waals surface area (Å²) in [6.45, 7) is 8.55. The monoisotopic (exact) mass is 475 g/mol. The summed E-state index contributed by atoms with van der Waals surface area (Å²) >= 11 is 3.43. The van der Waals surface area contributed by atoms with E-state index in [1.807, 2.05) is 54.9 Å². The van der Waals surface area contributed by atoms with E-state index in [2.05, 4.69) is 39.6 Å². The fourth-order valence-electron chi connectivity index (χ4n) is 3.23. The summed E-state index contributed by atoms with van der Waals surface area (Å²) in [5.41, 5.74) is 4.20. The number of aromatic nitrogens is 2. The first-order valence-electron chi connectivity index (χ1n) is 9.56. The highest BCUT2D eigenvalue weighted by Crippen LogP contribution is 2.25. The van der Waals surface area contributed by atoms with Crippen LogP contribution in [-0.2, 0) is 23.0 Å². The molecule has 0 amide bonds. The van der Waals surface area contributed by atoms with Crippen molar-refractivity contribution in [2.24, 2.45) is 5.92 Å². The number of benzene rings is 2. The second-order valence-corrected chi connectivity index (χ2v) is 10.3. The molecule has 3 aromatic rings. The Bertz CT molecular complexity index is 1090. The van der Waals surface area contributed by atoms with Crippen LogP contribution in [0.5, 0.6) is 0 Å². The first-order valence-corrected chi connectivity index (χ1v) is 11.8. The van der Waals surface area contributed by atoms with E-state index in [1.165, 1.54) is 0 Å². The molecule has 0 atom stereocenters. The van der Waals surface area contributed by atoms with Gasteiger partial charge in [-0.2, -0.15) is 5.10 Å². The summed E-state index contributed by atoms with van der Waals surface area (Å²) < 4.78 is 31.3. The normalized spacial score (nSPS) is 11.8. The molecule has 1 aromatic heterocycles. The molecule has 29 heavy (non-hydrogen) atoms. The minimum Gasteiger partial charge on any atom is -0.276 e. The third-order valence-electron chi connectivity index (χ3n) is 4.74. The van der Waals surface area contributed by atoms with Gasteiger partial charge in [0.1, 0.15) is 0 Å². The van der Waals surface area contributed by atoms with Crippen LogP contribution in [-0.4, -0.2) is 18.2 Å². The van der Waals surface area contributed by atoms with Crippen LogP contribution in [0.2, 0.25) is 0 Å². The highest BCUT2D eigenvalue weighted by molar-refractivity contribution is 9.10. The lowest BCUT2D eigenvalue weighted by Gasteiger charge is -2.11. The zero-order valence-corrected chi connectivity index (χ0v) is 19.5. The van der Waals surface area contributed by atoms with Gasteiger partial charge in [-0.3, -0.25) is 9.40 Å². The van der Waals surface area contributed by atoms with Gasteiger partial charge in [0, 0.05) is 4.47 Å². The number of rotatable bonds is 7. The van der Waals surface area contributed by atoms with Crippen molar-refractivity contribution in [2.75, 3.05) is 4.72 Å². The highest BCUT2D eigenvalue weighted by atomic mass is 79.9. The zero-order valence-electron chi connectivity index (χ0n) is 17.1. The molecule has 154 valence electrons. The van der Waals surface area contributed by atoms with E-state index in [0.29, 0.717) is 23.8 Å². The zero-order chi connectivity index (χ0) is 21.2. The molecule has 0 aliphatic carbocycles. The fourth-order valence-corrected chi connectivity index (χ4v) is 4.67. The second kappa shape index (κ2) is 8.71. The summed E-state index contributed by atoms with van der Waals surface area (Å²) in [6, 6.07) is 15.1. The Morgan fingerprint density at radius 3 is 2.17 bits per heavy atom. The number of aryl methyl sites for hydroxylation is 1. The van der Waals surface area contributed by atoms with Gasteiger partial charge in [-0.25, -0.2) is 8.42 Å². The summed E-state index contributed by atoms with van der Waals surface area (Å²) in [5.74, 6) is 0.525.